The zero-order chi connectivity index (χ0) is 14.6. The predicted molar refractivity (Wildman–Crippen MR) is 76.6 cm³/mol. The summed E-state index contributed by atoms with van der Waals surface area (Å²) in [4.78, 5) is 4.25. The third-order valence-corrected chi connectivity index (χ3v) is 3.32. The van der Waals surface area contributed by atoms with Gasteiger partial charge in [0.05, 0.1) is 12.7 Å². The summed E-state index contributed by atoms with van der Waals surface area (Å²) in [6.07, 6.45) is 2.91. The second-order valence-electron chi connectivity index (χ2n) is 5.05. The van der Waals surface area contributed by atoms with Crippen molar-refractivity contribution >= 4 is 0 Å². The lowest BCUT2D eigenvalue weighted by molar-refractivity contribution is 0.0516. The quantitative estimate of drug-likeness (QED) is 0.877. The molecule has 1 atom stereocenters. The van der Waals surface area contributed by atoms with E-state index in [0.29, 0.717) is 12.2 Å². The van der Waals surface area contributed by atoms with E-state index >= 15 is 0 Å². The Kier molecular flexibility index (Phi) is 4.39. The fourth-order valence-electron chi connectivity index (χ4n) is 2.32. The van der Waals surface area contributed by atoms with E-state index in [4.69, 9.17) is 4.74 Å². The number of aromatic nitrogens is 3. The first kappa shape index (κ1) is 14.5. The minimum atomic E-state index is -1.05. The van der Waals surface area contributed by atoms with Crippen molar-refractivity contribution in [2.75, 3.05) is 7.11 Å². The highest BCUT2D eigenvalue weighted by molar-refractivity contribution is 5.38. The van der Waals surface area contributed by atoms with Gasteiger partial charge in [-0.1, -0.05) is 25.1 Å². The topological polar surface area (TPSA) is 60.2 Å². The van der Waals surface area contributed by atoms with Crippen LogP contribution in [0.5, 0.6) is 5.75 Å². The number of hydrogen-bond donors (Lipinski definition) is 1. The average molecular weight is 275 g/mol. The normalized spacial score (nSPS) is 14.0. The predicted octanol–water partition coefficient (Wildman–Crippen LogP) is 2.15. The molecular formula is C15H21N3O2. The molecule has 0 bridgehead atoms. The van der Waals surface area contributed by atoms with E-state index in [9.17, 15) is 5.11 Å². The first-order valence-corrected chi connectivity index (χ1v) is 6.81. The molecule has 0 radical (unpaired) electrons. The minimum absolute atomic E-state index is 0.396. The summed E-state index contributed by atoms with van der Waals surface area (Å²) in [5, 5.41) is 15.0. The van der Waals surface area contributed by atoms with Crippen LogP contribution in [-0.2, 0) is 18.6 Å². The molecule has 2 rings (SSSR count). The van der Waals surface area contributed by atoms with Gasteiger partial charge in [0.15, 0.2) is 0 Å². The van der Waals surface area contributed by atoms with Crippen LogP contribution in [-0.4, -0.2) is 27.0 Å². The number of rotatable bonds is 6. The van der Waals surface area contributed by atoms with Crippen LogP contribution in [0.1, 0.15) is 31.7 Å². The van der Waals surface area contributed by atoms with Gasteiger partial charge in [-0.2, -0.15) is 5.10 Å². The van der Waals surface area contributed by atoms with E-state index in [1.165, 1.54) is 6.33 Å². The molecule has 5 nitrogen and oxygen atoms in total. The monoisotopic (exact) mass is 275 g/mol. The number of aryl methyl sites for hydroxylation is 1. The smallest absolute Gasteiger partial charge is 0.138 e. The van der Waals surface area contributed by atoms with Crippen molar-refractivity contribution in [3.8, 4) is 5.75 Å². The Bertz CT molecular complexity index is 564. The first-order valence-electron chi connectivity index (χ1n) is 6.81. The van der Waals surface area contributed by atoms with Crippen molar-refractivity contribution in [2.45, 2.75) is 38.8 Å². The van der Waals surface area contributed by atoms with Gasteiger partial charge in [0.1, 0.15) is 17.9 Å². The van der Waals surface area contributed by atoms with E-state index < -0.39 is 5.60 Å². The second kappa shape index (κ2) is 6.05. The molecule has 1 aromatic heterocycles. The Morgan fingerprint density at radius 3 is 2.80 bits per heavy atom. The molecule has 1 N–H and O–H groups in total. The van der Waals surface area contributed by atoms with Gasteiger partial charge in [-0.15, -0.1) is 0 Å². The van der Waals surface area contributed by atoms with E-state index in [1.54, 1.807) is 14.0 Å². The van der Waals surface area contributed by atoms with E-state index in [2.05, 4.69) is 17.0 Å². The van der Waals surface area contributed by atoms with Gasteiger partial charge in [-0.05, 0) is 19.4 Å². The summed E-state index contributed by atoms with van der Waals surface area (Å²) in [6, 6.07) is 7.50. The van der Waals surface area contributed by atoms with Crippen molar-refractivity contribution in [1.82, 2.24) is 14.8 Å². The first-order chi connectivity index (χ1) is 9.58. The molecule has 1 heterocycles. The van der Waals surface area contributed by atoms with Crippen molar-refractivity contribution in [1.29, 1.82) is 0 Å². The van der Waals surface area contributed by atoms with Gasteiger partial charge in [0.2, 0.25) is 0 Å². The third kappa shape index (κ3) is 2.99. The Labute approximate surface area is 119 Å². The van der Waals surface area contributed by atoms with E-state index in [-0.39, 0.29) is 0 Å². The Hall–Kier alpha value is -1.88. The summed E-state index contributed by atoms with van der Waals surface area (Å²) in [6.45, 7) is 4.66. The molecule has 0 aliphatic heterocycles. The lowest BCUT2D eigenvalue weighted by Crippen LogP contribution is -2.27. The molecule has 20 heavy (non-hydrogen) atoms. The summed E-state index contributed by atoms with van der Waals surface area (Å²) in [7, 11) is 1.61. The Morgan fingerprint density at radius 1 is 1.35 bits per heavy atom. The molecule has 0 saturated heterocycles. The minimum Gasteiger partial charge on any atom is -0.496 e. The molecule has 0 amide bonds. The zero-order valence-corrected chi connectivity index (χ0v) is 12.2. The number of ether oxygens (including phenoxy) is 1. The molecule has 108 valence electrons. The molecule has 1 aromatic carbocycles. The van der Waals surface area contributed by atoms with Crippen molar-refractivity contribution < 1.29 is 9.84 Å². The number of aliphatic hydroxyl groups is 1. The van der Waals surface area contributed by atoms with Gasteiger partial charge in [0, 0.05) is 18.5 Å². The molecule has 0 fully saturated rings. The molecular weight excluding hydrogens is 254 g/mol. The highest BCUT2D eigenvalue weighted by Crippen LogP contribution is 2.31. The summed E-state index contributed by atoms with van der Waals surface area (Å²) >= 11 is 0. The van der Waals surface area contributed by atoms with E-state index in [0.717, 1.165) is 24.4 Å². The fraction of sp³-hybridized carbons (Fsp3) is 0.467. The maximum Gasteiger partial charge on any atom is 0.138 e. The van der Waals surface area contributed by atoms with Gasteiger partial charge >= 0.3 is 0 Å². The molecule has 0 saturated carbocycles. The molecule has 2 aromatic rings. The number of hydrogen-bond acceptors (Lipinski definition) is 4. The van der Waals surface area contributed by atoms with Gasteiger partial charge < -0.3 is 9.84 Å². The maximum absolute atomic E-state index is 10.8. The molecule has 0 aliphatic rings. The average Bonchev–Trinajstić information content (AvgIpc) is 2.86. The van der Waals surface area contributed by atoms with Crippen molar-refractivity contribution in [3.63, 3.8) is 0 Å². The lowest BCUT2D eigenvalue weighted by Gasteiger charge is -2.25. The summed E-state index contributed by atoms with van der Waals surface area (Å²) < 4.78 is 7.16. The van der Waals surface area contributed by atoms with Crippen LogP contribution >= 0.6 is 0 Å². The number of benzene rings is 1. The number of methoxy groups -OCH3 is 1. The summed E-state index contributed by atoms with van der Waals surface area (Å²) in [5.41, 5.74) is -0.293. The standard InChI is InChI=1S/C15H21N3O2/c1-4-9-18-14(16-11-17-18)10-15(2,19)12-7-5-6-8-13(12)20-3/h5-8,11,19H,4,9-10H2,1-3H3. The lowest BCUT2D eigenvalue weighted by atomic mass is 9.91. The Balaban J connectivity index is 2.28. The SMILES string of the molecule is CCCn1ncnc1CC(C)(O)c1ccccc1OC. The maximum atomic E-state index is 10.8. The molecule has 0 aliphatic carbocycles. The second-order valence-corrected chi connectivity index (χ2v) is 5.05. The fourth-order valence-corrected chi connectivity index (χ4v) is 2.32. The zero-order valence-electron chi connectivity index (χ0n) is 12.2. The number of nitrogens with zero attached hydrogens (tertiary/aromatic N) is 3. The van der Waals surface area contributed by atoms with Crippen molar-refractivity contribution in [2.24, 2.45) is 0 Å². The van der Waals surface area contributed by atoms with Crippen LogP contribution in [0.15, 0.2) is 30.6 Å². The van der Waals surface area contributed by atoms with Gasteiger partial charge in [0.25, 0.3) is 0 Å². The van der Waals surface area contributed by atoms with E-state index in [1.807, 2.05) is 28.9 Å². The molecule has 5 heteroatoms. The highest BCUT2D eigenvalue weighted by atomic mass is 16.5. The highest BCUT2D eigenvalue weighted by Gasteiger charge is 2.29. The van der Waals surface area contributed by atoms with Crippen LogP contribution < -0.4 is 4.74 Å². The Morgan fingerprint density at radius 2 is 2.10 bits per heavy atom. The number of para-hydroxylation sites is 1. The van der Waals surface area contributed by atoms with Crippen LogP contribution in [0.4, 0.5) is 0 Å². The van der Waals surface area contributed by atoms with Gasteiger partial charge in [-0.25, -0.2) is 9.67 Å². The largest absolute Gasteiger partial charge is 0.496 e. The van der Waals surface area contributed by atoms with Gasteiger partial charge in [-0.3, -0.25) is 0 Å². The molecule has 0 spiro atoms. The van der Waals surface area contributed by atoms with Crippen molar-refractivity contribution in [3.05, 3.63) is 42.0 Å². The van der Waals surface area contributed by atoms with Crippen LogP contribution in [0.3, 0.4) is 0 Å². The van der Waals surface area contributed by atoms with Crippen LogP contribution in [0, 0.1) is 0 Å². The third-order valence-electron chi connectivity index (χ3n) is 3.32. The summed E-state index contributed by atoms with van der Waals surface area (Å²) in [5.74, 6) is 1.46. The van der Waals surface area contributed by atoms with Crippen LogP contribution in [0.2, 0.25) is 0 Å². The molecule has 1 unspecified atom stereocenters. The van der Waals surface area contributed by atoms with Crippen LogP contribution in [0.25, 0.3) is 0 Å².